The second-order valence-electron chi connectivity index (χ2n) is 7.10. The van der Waals surface area contributed by atoms with Gasteiger partial charge in [0.15, 0.2) is 5.84 Å². The van der Waals surface area contributed by atoms with Crippen molar-refractivity contribution in [1.82, 2.24) is 5.01 Å². The highest BCUT2D eigenvalue weighted by atomic mass is 32.2. The number of thioether (sulfide) groups is 1. The molecule has 0 aromatic heterocycles. The van der Waals surface area contributed by atoms with Crippen molar-refractivity contribution in [2.45, 2.75) is 20.5 Å². The topological polar surface area (TPSA) is 78.1 Å². The molecule has 1 amide bonds. The Bertz CT molecular complexity index is 1090. The molecule has 1 N–H and O–H groups in total. The van der Waals surface area contributed by atoms with Crippen LogP contribution in [0, 0.1) is 17.1 Å². The van der Waals surface area contributed by atoms with Gasteiger partial charge in [-0.3, -0.25) is 10.2 Å². The summed E-state index contributed by atoms with van der Waals surface area (Å²) in [5.41, 5.74) is 1.80. The molecule has 8 heteroatoms. The monoisotopic (exact) mass is 422 g/mol. The summed E-state index contributed by atoms with van der Waals surface area (Å²) in [4.78, 5) is 16.5. The molecule has 0 saturated heterocycles. The van der Waals surface area contributed by atoms with Crippen LogP contribution in [0.15, 0.2) is 64.2 Å². The smallest absolute Gasteiger partial charge is 0.283 e. The Balaban J connectivity index is 1.47. The fourth-order valence-electron chi connectivity index (χ4n) is 2.81. The van der Waals surface area contributed by atoms with E-state index >= 15 is 0 Å². The maximum Gasteiger partial charge on any atom is 0.283 e. The van der Waals surface area contributed by atoms with E-state index in [4.69, 9.17) is 10.1 Å². The molecule has 0 aliphatic carbocycles. The molecule has 0 saturated carbocycles. The number of halogens is 1. The van der Waals surface area contributed by atoms with E-state index in [0.29, 0.717) is 17.5 Å². The Morgan fingerprint density at radius 3 is 2.53 bits per heavy atom. The van der Waals surface area contributed by atoms with Crippen LogP contribution >= 0.6 is 11.8 Å². The zero-order valence-electron chi connectivity index (χ0n) is 16.4. The summed E-state index contributed by atoms with van der Waals surface area (Å²) in [6.45, 7) is 4.34. The molecule has 0 fully saturated rings. The van der Waals surface area contributed by atoms with Gasteiger partial charge in [0.1, 0.15) is 23.2 Å². The van der Waals surface area contributed by atoms with Gasteiger partial charge in [-0.25, -0.2) is 4.39 Å². The largest absolute Gasteiger partial charge is 0.489 e. The van der Waals surface area contributed by atoms with Crippen LogP contribution in [0.4, 0.5) is 4.39 Å². The van der Waals surface area contributed by atoms with Crippen LogP contribution < -0.4 is 4.74 Å². The summed E-state index contributed by atoms with van der Waals surface area (Å²) in [6.07, 6.45) is 1.63. The van der Waals surface area contributed by atoms with Gasteiger partial charge in [0, 0.05) is 5.92 Å². The maximum atomic E-state index is 13.0. The number of amides is 1. The molecule has 2 aliphatic heterocycles. The van der Waals surface area contributed by atoms with Crippen LogP contribution in [-0.4, -0.2) is 27.0 Å². The van der Waals surface area contributed by atoms with E-state index in [0.717, 1.165) is 16.2 Å². The highest BCUT2D eigenvalue weighted by Gasteiger charge is 2.36. The number of fused-ring (bicyclic) bond motifs is 1. The normalized spacial score (nSPS) is 17.3. The highest BCUT2D eigenvalue weighted by molar-refractivity contribution is 8.27. The van der Waals surface area contributed by atoms with Gasteiger partial charge >= 0.3 is 0 Å². The SMILES string of the molecule is CC(C)C1=NN2C(=N)/C(=C\c3ccc(OCc4ccc(F)cc4)cc3)C(=O)N=C2S1. The quantitative estimate of drug-likeness (QED) is 0.710. The lowest BCUT2D eigenvalue weighted by atomic mass is 10.1. The van der Waals surface area contributed by atoms with Crippen LogP contribution in [-0.2, 0) is 11.4 Å². The summed E-state index contributed by atoms with van der Waals surface area (Å²) < 4.78 is 18.7. The number of carbonyl (C=O) groups excluding carboxylic acids is 1. The Hall–Kier alpha value is -3.26. The Morgan fingerprint density at radius 1 is 1.17 bits per heavy atom. The van der Waals surface area contributed by atoms with Gasteiger partial charge < -0.3 is 4.74 Å². The zero-order valence-corrected chi connectivity index (χ0v) is 17.2. The lowest BCUT2D eigenvalue weighted by Gasteiger charge is -2.20. The molecule has 6 nitrogen and oxygen atoms in total. The fraction of sp³-hybridized carbons (Fsp3) is 0.182. The van der Waals surface area contributed by atoms with Crippen molar-refractivity contribution >= 4 is 39.8 Å². The van der Waals surface area contributed by atoms with E-state index in [1.54, 1.807) is 42.5 Å². The fourth-order valence-corrected chi connectivity index (χ4v) is 3.71. The van der Waals surface area contributed by atoms with Crippen molar-refractivity contribution in [3.05, 3.63) is 71.0 Å². The van der Waals surface area contributed by atoms with E-state index in [1.807, 2.05) is 13.8 Å². The molecule has 2 heterocycles. The minimum absolute atomic E-state index is 0.0183. The van der Waals surface area contributed by atoms with Crippen molar-refractivity contribution in [3.8, 4) is 5.75 Å². The molecule has 30 heavy (non-hydrogen) atoms. The second kappa shape index (κ2) is 8.23. The van der Waals surface area contributed by atoms with Gasteiger partial charge in [-0.05, 0) is 53.2 Å². The first-order valence-electron chi connectivity index (χ1n) is 9.38. The van der Waals surface area contributed by atoms with Gasteiger partial charge in [-0.15, -0.1) is 0 Å². The Labute approximate surface area is 177 Å². The summed E-state index contributed by atoms with van der Waals surface area (Å²) >= 11 is 1.32. The number of amidine groups is 2. The Morgan fingerprint density at radius 2 is 1.87 bits per heavy atom. The lowest BCUT2D eigenvalue weighted by Crippen LogP contribution is -2.35. The number of hydrogen-bond donors (Lipinski definition) is 1. The first-order chi connectivity index (χ1) is 14.4. The van der Waals surface area contributed by atoms with Crippen LogP contribution in [0.1, 0.15) is 25.0 Å². The molecule has 2 aromatic rings. The van der Waals surface area contributed by atoms with Gasteiger partial charge in [0.2, 0.25) is 5.17 Å². The number of ether oxygens (including phenoxy) is 1. The highest BCUT2D eigenvalue weighted by Crippen LogP contribution is 2.30. The molecule has 0 spiro atoms. The van der Waals surface area contributed by atoms with Crippen LogP contribution in [0.2, 0.25) is 0 Å². The van der Waals surface area contributed by atoms with Gasteiger partial charge in [0.05, 0.1) is 5.57 Å². The molecular weight excluding hydrogens is 403 g/mol. The maximum absolute atomic E-state index is 13.0. The van der Waals surface area contributed by atoms with Crippen LogP contribution in [0.25, 0.3) is 6.08 Å². The summed E-state index contributed by atoms with van der Waals surface area (Å²) in [5, 5.41) is 15.5. The number of hydrogen-bond acceptors (Lipinski definition) is 5. The molecule has 0 unspecified atom stereocenters. The van der Waals surface area contributed by atoms with Crippen molar-refractivity contribution < 1.29 is 13.9 Å². The average Bonchev–Trinajstić information content (AvgIpc) is 3.16. The predicted molar refractivity (Wildman–Crippen MR) is 117 cm³/mol. The van der Waals surface area contributed by atoms with Crippen molar-refractivity contribution in [3.63, 3.8) is 0 Å². The number of aliphatic imine (C=N–C) groups is 1. The second-order valence-corrected chi connectivity index (χ2v) is 8.08. The van der Waals surface area contributed by atoms with Crippen molar-refractivity contribution in [1.29, 1.82) is 5.41 Å². The van der Waals surface area contributed by atoms with E-state index in [2.05, 4.69) is 10.1 Å². The van der Waals surface area contributed by atoms with Crippen molar-refractivity contribution in [2.24, 2.45) is 16.0 Å². The van der Waals surface area contributed by atoms with Gasteiger partial charge in [-0.2, -0.15) is 15.1 Å². The van der Waals surface area contributed by atoms with Gasteiger partial charge in [0.25, 0.3) is 5.91 Å². The summed E-state index contributed by atoms with van der Waals surface area (Å²) in [5.74, 6) is 0.129. The number of nitrogens with one attached hydrogen (secondary N) is 1. The van der Waals surface area contributed by atoms with E-state index in [1.165, 1.54) is 28.9 Å². The third-order valence-corrected chi connectivity index (χ3v) is 5.68. The van der Waals surface area contributed by atoms with E-state index in [-0.39, 0.29) is 23.1 Å². The molecule has 2 aromatic carbocycles. The third-order valence-electron chi connectivity index (χ3n) is 4.47. The number of carbonyl (C=O) groups is 1. The lowest BCUT2D eigenvalue weighted by molar-refractivity contribution is -0.114. The van der Waals surface area contributed by atoms with E-state index < -0.39 is 5.91 Å². The molecule has 152 valence electrons. The summed E-state index contributed by atoms with van der Waals surface area (Å²) in [6, 6.07) is 13.3. The summed E-state index contributed by atoms with van der Waals surface area (Å²) in [7, 11) is 0. The minimum Gasteiger partial charge on any atom is -0.489 e. The number of hydrazone groups is 1. The minimum atomic E-state index is -0.449. The molecular formula is C22H19FN4O2S. The Kier molecular flexibility index (Phi) is 5.50. The number of nitrogens with zero attached hydrogens (tertiary/aromatic N) is 3. The average molecular weight is 422 g/mol. The first kappa shape index (κ1) is 20.0. The zero-order chi connectivity index (χ0) is 21.3. The number of benzene rings is 2. The van der Waals surface area contributed by atoms with E-state index in [9.17, 15) is 9.18 Å². The van der Waals surface area contributed by atoms with Crippen molar-refractivity contribution in [2.75, 3.05) is 0 Å². The first-order valence-corrected chi connectivity index (χ1v) is 10.2. The van der Waals surface area contributed by atoms with Gasteiger partial charge in [-0.1, -0.05) is 38.1 Å². The molecule has 2 aliphatic rings. The third kappa shape index (κ3) is 4.18. The molecule has 4 rings (SSSR count). The van der Waals surface area contributed by atoms with Crippen LogP contribution in [0.3, 0.4) is 0 Å². The molecule has 0 bridgehead atoms. The number of rotatable bonds is 5. The molecule has 0 atom stereocenters. The molecule has 0 radical (unpaired) electrons. The standard InChI is InChI=1S/C22H19FN4O2S/c1-13(2)21-26-27-19(24)18(20(28)25-22(27)30-21)11-14-5-9-17(10-6-14)29-12-15-3-7-16(23)8-4-15/h3-11,13,24H,12H2,1-2H3/b18-11+,24-19?. The predicted octanol–water partition coefficient (Wildman–Crippen LogP) is 4.68. The van der Waals surface area contributed by atoms with Crippen LogP contribution in [0.5, 0.6) is 5.75 Å².